The van der Waals surface area contributed by atoms with Gasteiger partial charge in [-0.3, -0.25) is 18.6 Å². The number of phosphoric acid groups is 1. The lowest BCUT2D eigenvalue weighted by atomic mass is 10.0. The number of allylic oxidation sites excluding steroid dienone is 13. The standard InChI is InChI=1S/C74H135N2O7P/c1-7-10-13-16-19-22-25-28-30-32-34-35-36-37-38-39-40-41-43-45-47-49-52-55-58-61-64-67-74(78)83-72(65-62-59-56-53-50-27-24-21-18-15-12-9-3)71(70-82-84(79,80)81-69-68-76(4,5)6)75-73(77)66-63-60-57-54-51-48-46-44-42-33-31-29-26-23-20-17-14-11-8-2/h10,13,19,22,28,30,34-35,37-38,40-41,62,65,71-72H,7-9,11-12,14-18,20-21,23-27,29,31-33,36,39,42-61,63-64,66-70H2,1-6H3,(H-,75,77,79,80)/p+1/b13-10-,22-19-,30-28-,35-34-,38-37-,41-40-,65-62+. The number of likely N-dealkylation sites (N-methyl/N-ethyl adjacent to an activating group) is 1. The second kappa shape index (κ2) is 63.2. The summed E-state index contributed by atoms with van der Waals surface area (Å²) in [7, 11) is 1.49. The van der Waals surface area contributed by atoms with Gasteiger partial charge in [-0.15, -0.1) is 0 Å². The van der Waals surface area contributed by atoms with E-state index in [2.05, 4.69) is 99.0 Å². The molecule has 0 heterocycles. The molecular weight excluding hydrogens is 1060 g/mol. The van der Waals surface area contributed by atoms with E-state index >= 15 is 0 Å². The first-order chi connectivity index (χ1) is 40.9. The molecule has 0 rings (SSSR count). The number of hydrogen-bond donors (Lipinski definition) is 2. The van der Waals surface area contributed by atoms with Gasteiger partial charge in [0.15, 0.2) is 0 Å². The minimum Gasteiger partial charge on any atom is -0.456 e. The van der Waals surface area contributed by atoms with Gasteiger partial charge in [-0.1, -0.05) is 312 Å². The summed E-state index contributed by atoms with van der Waals surface area (Å²) in [6.07, 6.45) is 84.5. The van der Waals surface area contributed by atoms with Crippen LogP contribution in [-0.4, -0.2) is 74.3 Å². The zero-order chi connectivity index (χ0) is 61.4. The predicted octanol–water partition coefficient (Wildman–Crippen LogP) is 22.5. The largest absolute Gasteiger partial charge is 0.472 e. The van der Waals surface area contributed by atoms with Crippen molar-refractivity contribution in [1.82, 2.24) is 5.32 Å². The number of quaternary nitrogens is 1. The molecule has 0 saturated carbocycles. The van der Waals surface area contributed by atoms with Gasteiger partial charge in [0.1, 0.15) is 19.3 Å². The second-order valence-corrected chi connectivity index (χ2v) is 26.5. The molecule has 84 heavy (non-hydrogen) atoms. The highest BCUT2D eigenvalue weighted by Crippen LogP contribution is 2.43. The molecule has 3 atom stereocenters. The van der Waals surface area contributed by atoms with Gasteiger partial charge in [-0.05, 0) is 83.1 Å². The van der Waals surface area contributed by atoms with Crippen LogP contribution in [0.25, 0.3) is 0 Å². The molecule has 9 nitrogen and oxygen atoms in total. The fraction of sp³-hybridized carbons (Fsp3) is 0.784. The lowest BCUT2D eigenvalue weighted by Crippen LogP contribution is -2.47. The van der Waals surface area contributed by atoms with Gasteiger partial charge in [0, 0.05) is 12.8 Å². The van der Waals surface area contributed by atoms with Gasteiger partial charge in [-0.2, -0.15) is 0 Å². The molecule has 0 aliphatic heterocycles. The van der Waals surface area contributed by atoms with Gasteiger partial charge < -0.3 is 19.4 Å². The van der Waals surface area contributed by atoms with Crippen molar-refractivity contribution < 1.29 is 37.3 Å². The molecular formula is C74H136N2O7P+. The molecule has 3 unspecified atom stereocenters. The van der Waals surface area contributed by atoms with Crippen molar-refractivity contribution in [2.75, 3.05) is 40.9 Å². The van der Waals surface area contributed by atoms with Gasteiger partial charge in [0.25, 0.3) is 0 Å². The molecule has 0 bridgehead atoms. The lowest BCUT2D eigenvalue weighted by molar-refractivity contribution is -0.870. The molecule has 0 spiro atoms. The number of unbranched alkanes of at least 4 members (excludes halogenated alkanes) is 36. The number of esters is 1. The van der Waals surface area contributed by atoms with Gasteiger partial charge in [-0.25, -0.2) is 4.57 Å². The molecule has 0 fully saturated rings. The van der Waals surface area contributed by atoms with Crippen LogP contribution < -0.4 is 5.32 Å². The van der Waals surface area contributed by atoms with Gasteiger partial charge >= 0.3 is 13.8 Å². The minimum atomic E-state index is -4.46. The Balaban J connectivity index is 5.08. The summed E-state index contributed by atoms with van der Waals surface area (Å²) in [4.78, 5) is 37.9. The Hall–Kier alpha value is -2.81. The Morgan fingerprint density at radius 1 is 0.429 bits per heavy atom. The first kappa shape index (κ1) is 81.2. The topological polar surface area (TPSA) is 111 Å². The Kier molecular flexibility index (Phi) is 61.1. The number of nitrogens with zero attached hydrogens (tertiary/aromatic N) is 1. The summed E-state index contributed by atoms with van der Waals surface area (Å²) < 4.78 is 30.8. The SMILES string of the molecule is CC/C=C\C/C=C\C/C=C\C/C=C\C/C=C\C/C=C\CCCCCCCCCCC(=O)OC(/C=C/CCCCCCCCCCCC)C(COP(=O)(O)OCC[N+](C)(C)C)NC(=O)CCCCCCCCCCCCCCCCCCCCC. The number of carbonyl (C=O) groups is 2. The van der Waals surface area contributed by atoms with Crippen molar-refractivity contribution in [2.24, 2.45) is 0 Å². The molecule has 2 N–H and O–H groups in total. The first-order valence-corrected chi connectivity index (χ1v) is 36.9. The van der Waals surface area contributed by atoms with E-state index in [1.54, 1.807) is 0 Å². The number of carbonyl (C=O) groups excluding carboxylic acids is 2. The maximum absolute atomic E-state index is 13.6. The number of ether oxygens (including phenoxy) is 1. The predicted molar refractivity (Wildman–Crippen MR) is 364 cm³/mol. The van der Waals surface area contributed by atoms with E-state index in [-0.39, 0.29) is 31.5 Å². The lowest BCUT2D eigenvalue weighted by Gasteiger charge is -2.27. The van der Waals surface area contributed by atoms with Crippen LogP contribution in [0, 0.1) is 0 Å². The molecule has 0 aromatic rings. The van der Waals surface area contributed by atoms with E-state index in [9.17, 15) is 19.0 Å². The highest BCUT2D eigenvalue weighted by molar-refractivity contribution is 7.47. The maximum atomic E-state index is 13.6. The summed E-state index contributed by atoms with van der Waals surface area (Å²) >= 11 is 0. The number of hydrogen-bond acceptors (Lipinski definition) is 6. The molecule has 0 aliphatic carbocycles. The van der Waals surface area contributed by atoms with E-state index in [0.29, 0.717) is 17.4 Å². The van der Waals surface area contributed by atoms with Crippen LogP contribution in [-0.2, 0) is 27.9 Å². The number of nitrogens with one attached hydrogen (secondary N) is 1. The van der Waals surface area contributed by atoms with Crippen LogP contribution in [0.3, 0.4) is 0 Å². The molecule has 0 saturated heterocycles. The van der Waals surface area contributed by atoms with Crippen molar-refractivity contribution in [2.45, 2.75) is 335 Å². The van der Waals surface area contributed by atoms with Crippen LogP contribution in [0.2, 0.25) is 0 Å². The van der Waals surface area contributed by atoms with E-state index in [1.807, 2.05) is 33.3 Å². The van der Waals surface area contributed by atoms with Gasteiger partial charge in [0.2, 0.25) is 5.91 Å². The van der Waals surface area contributed by atoms with Crippen molar-refractivity contribution >= 4 is 19.7 Å². The third-order valence-electron chi connectivity index (χ3n) is 15.6. The average Bonchev–Trinajstić information content (AvgIpc) is 3.65. The van der Waals surface area contributed by atoms with E-state index in [4.69, 9.17) is 13.8 Å². The second-order valence-electron chi connectivity index (χ2n) is 25.0. The van der Waals surface area contributed by atoms with Crippen LogP contribution in [0.4, 0.5) is 0 Å². The number of rotatable bonds is 64. The number of phosphoric ester groups is 1. The Bertz CT molecular complexity index is 1710. The zero-order valence-electron chi connectivity index (χ0n) is 55.9. The molecule has 1 amide bonds. The molecule has 488 valence electrons. The van der Waals surface area contributed by atoms with Crippen LogP contribution >= 0.6 is 7.82 Å². The normalized spacial score (nSPS) is 14.0. The quantitative estimate of drug-likeness (QED) is 0.0205. The summed E-state index contributed by atoms with van der Waals surface area (Å²) in [6, 6.07) is -0.854. The molecule has 0 aromatic carbocycles. The summed E-state index contributed by atoms with van der Waals surface area (Å²) in [5.74, 6) is -0.505. The van der Waals surface area contributed by atoms with Crippen LogP contribution in [0.15, 0.2) is 85.1 Å². The van der Waals surface area contributed by atoms with Crippen molar-refractivity contribution in [3.63, 3.8) is 0 Å². The van der Waals surface area contributed by atoms with Crippen molar-refractivity contribution in [3.05, 3.63) is 85.1 Å². The van der Waals surface area contributed by atoms with Crippen molar-refractivity contribution in [3.8, 4) is 0 Å². The molecule has 0 aromatic heterocycles. The van der Waals surface area contributed by atoms with Gasteiger partial charge in [0.05, 0.1) is 33.8 Å². The molecule has 10 heteroatoms. The van der Waals surface area contributed by atoms with Crippen molar-refractivity contribution in [1.29, 1.82) is 0 Å². The highest BCUT2D eigenvalue weighted by Gasteiger charge is 2.30. The van der Waals surface area contributed by atoms with Crippen LogP contribution in [0.1, 0.15) is 323 Å². The third kappa shape index (κ3) is 63.7. The monoisotopic (exact) mass is 1200 g/mol. The number of amides is 1. The average molecular weight is 1200 g/mol. The Morgan fingerprint density at radius 3 is 1.14 bits per heavy atom. The minimum absolute atomic E-state index is 0.0376. The fourth-order valence-electron chi connectivity index (χ4n) is 10.2. The van der Waals surface area contributed by atoms with E-state index < -0.39 is 20.0 Å². The third-order valence-corrected chi connectivity index (χ3v) is 16.6. The zero-order valence-corrected chi connectivity index (χ0v) is 56.8. The Morgan fingerprint density at radius 2 is 0.762 bits per heavy atom. The molecule has 0 aliphatic rings. The fourth-order valence-corrected chi connectivity index (χ4v) is 10.9. The van der Waals surface area contributed by atoms with E-state index in [1.165, 1.54) is 180 Å². The molecule has 0 radical (unpaired) electrons. The highest BCUT2D eigenvalue weighted by atomic mass is 31.2. The summed E-state index contributed by atoms with van der Waals surface area (Å²) in [6.45, 7) is 6.93. The van der Waals surface area contributed by atoms with E-state index in [0.717, 1.165) is 109 Å². The maximum Gasteiger partial charge on any atom is 0.472 e. The summed E-state index contributed by atoms with van der Waals surface area (Å²) in [5, 5.41) is 3.07. The van der Waals surface area contributed by atoms with Crippen LogP contribution in [0.5, 0.6) is 0 Å². The first-order valence-electron chi connectivity index (χ1n) is 35.4. The summed E-state index contributed by atoms with van der Waals surface area (Å²) in [5.41, 5.74) is 0. The Labute approximate surface area is 520 Å². The smallest absolute Gasteiger partial charge is 0.456 e.